The zero-order chi connectivity index (χ0) is 5.86. The van der Waals surface area contributed by atoms with E-state index in [1.165, 1.54) is 0 Å². The number of rotatable bonds is 1. The Hall–Kier alpha value is -0.790. The second-order valence-electron chi connectivity index (χ2n) is 1.39. The van der Waals surface area contributed by atoms with Crippen molar-refractivity contribution in [3.05, 3.63) is 11.6 Å². The predicted molar refractivity (Wildman–Crippen MR) is 31.3 cm³/mol. The molecule has 0 saturated carbocycles. The van der Waals surface area contributed by atoms with Crippen LogP contribution in [0.3, 0.4) is 0 Å². The molecule has 0 aromatic rings. The minimum Gasteiger partial charge on any atom is -0.384 e. The fraction of sp³-hybridized carbons (Fsp3) is 0.400. The van der Waals surface area contributed by atoms with Gasteiger partial charge >= 0.3 is 0 Å². The normalized spacial score (nSPS) is 11.4. The van der Waals surface area contributed by atoms with Gasteiger partial charge in [0.2, 0.25) is 0 Å². The highest BCUT2D eigenvalue weighted by atomic mass is 14.7. The number of allylic oxidation sites excluding steroid dienone is 1. The molecule has 0 amide bonds. The molecule has 0 fully saturated rings. The first-order valence-electron chi connectivity index (χ1n) is 2.15. The lowest BCUT2D eigenvalue weighted by Gasteiger charge is -1.90. The standard InChI is InChI=1S/C5H10N2/c1-3-4(2)5(6)7/h3H,1-2H3,(H3,6,7)/b4-3+. The van der Waals surface area contributed by atoms with E-state index in [9.17, 15) is 0 Å². The Bertz CT molecular complexity index is 103. The summed E-state index contributed by atoms with van der Waals surface area (Å²) in [5, 5.41) is 6.81. The lowest BCUT2D eigenvalue weighted by atomic mass is 10.3. The summed E-state index contributed by atoms with van der Waals surface area (Å²) >= 11 is 0. The van der Waals surface area contributed by atoms with Gasteiger partial charge < -0.3 is 5.73 Å². The van der Waals surface area contributed by atoms with Crippen LogP contribution in [0.4, 0.5) is 0 Å². The second-order valence-corrected chi connectivity index (χ2v) is 1.39. The smallest absolute Gasteiger partial charge is 0.117 e. The van der Waals surface area contributed by atoms with Gasteiger partial charge in [-0.2, -0.15) is 0 Å². The first-order valence-corrected chi connectivity index (χ1v) is 2.15. The molecule has 0 rings (SSSR count). The SMILES string of the molecule is C/C=C(\C)C(=N)N. The highest BCUT2D eigenvalue weighted by Gasteiger charge is 1.84. The Morgan fingerprint density at radius 2 is 2.14 bits per heavy atom. The fourth-order valence-corrected chi connectivity index (χ4v) is 0.156. The zero-order valence-electron chi connectivity index (χ0n) is 4.65. The molecular weight excluding hydrogens is 88.1 g/mol. The van der Waals surface area contributed by atoms with Gasteiger partial charge in [-0.15, -0.1) is 0 Å². The molecular formula is C5H10N2. The minimum atomic E-state index is 0.155. The molecule has 0 saturated heterocycles. The molecule has 0 radical (unpaired) electrons. The summed E-state index contributed by atoms with van der Waals surface area (Å²) in [5.74, 6) is 0.155. The van der Waals surface area contributed by atoms with Crippen LogP contribution in [0, 0.1) is 5.41 Å². The van der Waals surface area contributed by atoms with Crippen molar-refractivity contribution in [1.29, 1.82) is 5.41 Å². The maximum Gasteiger partial charge on any atom is 0.117 e. The number of hydrogen-bond donors (Lipinski definition) is 2. The molecule has 0 aromatic carbocycles. The largest absolute Gasteiger partial charge is 0.384 e. The molecule has 0 aliphatic carbocycles. The summed E-state index contributed by atoms with van der Waals surface area (Å²) < 4.78 is 0. The lowest BCUT2D eigenvalue weighted by molar-refractivity contribution is 1.38. The summed E-state index contributed by atoms with van der Waals surface area (Å²) in [6, 6.07) is 0. The number of hydrogen-bond acceptors (Lipinski definition) is 1. The summed E-state index contributed by atoms with van der Waals surface area (Å²) in [6.07, 6.45) is 1.81. The van der Waals surface area contributed by atoms with E-state index in [2.05, 4.69) is 0 Å². The summed E-state index contributed by atoms with van der Waals surface area (Å²) in [4.78, 5) is 0. The van der Waals surface area contributed by atoms with Crippen molar-refractivity contribution in [2.45, 2.75) is 13.8 Å². The summed E-state index contributed by atoms with van der Waals surface area (Å²) in [5.41, 5.74) is 5.89. The van der Waals surface area contributed by atoms with Crippen molar-refractivity contribution in [2.24, 2.45) is 5.73 Å². The van der Waals surface area contributed by atoms with Crippen LogP contribution in [0.25, 0.3) is 0 Å². The van der Waals surface area contributed by atoms with Crippen LogP contribution in [-0.2, 0) is 0 Å². The summed E-state index contributed by atoms with van der Waals surface area (Å²) in [6.45, 7) is 3.67. The molecule has 0 atom stereocenters. The Morgan fingerprint density at radius 3 is 2.14 bits per heavy atom. The first-order chi connectivity index (χ1) is 3.18. The van der Waals surface area contributed by atoms with Crippen molar-refractivity contribution in [3.8, 4) is 0 Å². The number of amidine groups is 1. The number of nitrogens with one attached hydrogen (secondary N) is 1. The Labute approximate surface area is 43.5 Å². The van der Waals surface area contributed by atoms with Crippen molar-refractivity contribution in [1.82, 2.24) is 0 Å². The monoisotopic (exact) mass is 98.1 g/mol. The average molecular weight is 98.1 g/mol. The van der Waals surface area contributed by atoms with Gasteiger partial charge in [0.1, 0.15) is 5.84 Å². The lowest BCUT2D eigenvalue weighted by Crippen LogP contribution is -2.09. The first kappa shape index (κ1) is 6.21. The Balaban J connectivity index is 3.82. The molecule has 0 spiro atoms. The van der Waals surface area contributed by atoms with Gasteiger partial charge in [0.15, 0.2) is 0 Å². The molecule has 2 nitrogen and oxygen atoms in total. The van der Waals surface area contributed by atoms with E-state index in [0.717, 1.165) is 5.57 Å². The van der Waals surface area contributed by atoms with Gasteiger partial charge in [0.25, 0.3) is 0 Å². The van der Waals surface area contributed by atoms with E-state index in [0.29, 0.717) is 0 Å². The van der Waals surface area contributed by atoms with Crippen molar-refractivity contribution < 1.29 is 0 Å². The van der Waals surface area contributed by atoms with E-state index in [4.69, 9.17) is 11.1 Å². The summed E-state index contributed by atoms with van der Waals surface area (Å²) in [7, 11) is 0. The predicted octanol–water partition coefficient (Wildman–Crippen LogP) is 0.889. The highest BCUT2D eigenvalue weighted by Crippen LogP contribution is 1.86. The molecule has 40 valence electrons. The maximum absolute atomic E-state index is 6.81. The van der Waals surface area contributed by atoms with E-state index >= 15 is 0 Å². The van der Waals surface area contributed by atoms with E-state index in [1.807, 2.05) is 19.9 Å². The van der Waals surface area contributed by atoms with Gasteiger partial charge in [0.05, 0.1) is 0 Å². The van der Waals surface area contributed by atoms with E-state index in [-0.39, 0.29) is 5.84 Å². The maximum atomic E-state index is 6.81. The van der Waals surface area contributed by atoms with Crippen LogP contribution < -0.4 is 5.73 Å². The van der Waals surface area contributed by atoms with Crippen LogP contribution in [0.2, 0.25) is 0 Å². The topological polar surface area (TPSA) is 49.9 Å². The highest BCUT2D eigenvalue weighted by molar-refractivity contribution is 5.93. The van der Waals surface area contributed by atoms with Crippen LogP contribution >= 0.6 is 0 Å². The van der Waals surface area contributed by atoms with Gasteiger partial charge in [0, 0.05) is 0 Å². The molecule has 0 heterocycles. The minimum absolute atomic E-state index is 0.155. The van der Waals surface area contributed by atoms with Gasteiger partial charge in [-0.1, -0.05) is 6.08 Å². The molecule has 7 heavy (non-hydrogen) atoms. The Morgan fingerprint density at radius 1 is 1.71 bits per heavy atom. The van der Waals surface area contributed by atoms with Gasteiger partial charge in [-0.25, -0.2) is 0 Å². The molecule has 3 N–H and O–H groups in total. The van der Waals surface area contributed by atoms with E-state index < -0.39 is 0 Å². The second kappa shape index (κ2) is 2.39. The third-order valence-corrected chi connectivity index (χ3v) is 0.858. The van der Waals surface area contributed by atoms with Crippen molar-refractivity contribution in [3.63, 3.8) is 0 Å². The molecule has 0 aliphatic heterocycles. The third-order valence-electron chi connectivity index (χ3n) is 0.858. The van der Waals surface area contributed by atoms with Crippen LogP contribution in [0.5, 0.6) is 0 Å². The van der Waals surface area contributed by atoms with Crippen molar-refractivity contribution in [2.75, 3.05) is 0 Å². The molecule has 0 aromatic heterocycles. The average Bonchev–Trinajstić information content (AvgIpc) is 1.65. The quantitative estimate of drug-likeness (QED) is 0.371. The van der Waals surface area contributed by atoms with Gasteiger partial charge in [-0.05, 0) is 19.4 Å². The van der Waals surface area contributed by atoms with Crippen molar-refractivity contribution >= 4 is 5.84 Å². The third kappa shape index (κ3) is 1.98. The molecule has 2 heteroatoms. The molecule has 0 unspecified atom stereocenters. The Kier molecular flexibility index (Phi) is 2.12. The van der Waals surface area contributed by atoms with E-state index in [1.54, 1.807) is 0 Å². The zero-order valence-corrected chi connectivity index (χ0v) is 4.65. The van der Waals surface area contributed by atoms with Crippen LogP contribution in [-0.4, -0.2) is 5.84 Å². The van der Waals surface area contributed by atoms with Crippen LogP contribution in [0.15, 0.2) is 11.6 Å². The fourth-order valence-electron chi connectivity index (χ4n) is 0.156. The number of nitrogens with two attached hydrogens (primary N) is 1. The van der Waals surface area contributed by atoms with Crippen LogP contribution in [0.1, 0.15) is 13.8 Å². The molecule has 0 bridgehead atoms. The van der Waals surface area contributed by atoms with Gasteiger partial charge in [-0.3, -0.25) is 5.41 Å². The molecule has 0 aliphatic rings.